The van der Waals surface area contributed by atoms with Crippen molar-refractivity contribution in [2.75, 3.05) is 12.0 Å². The molecule has 0 fully saturated rings. The molecule has 0 atom stereocenters. The van der Waals surface area contributed by atoms with E-state index in [1.54, 1.807) is 4.68 Å². The lowest BCUT2D eigenvalue weighted by atomic mass is 10.3. The first kappa shape index (κ1) is 9.93. The molecule has 0 aromatic carbocycles. The zero-order valence-corrected chi connectivity index (χ0v) is 8.56. The molecule has 5 heteroatoms. The number of nitriles is 1. The van der Waals surface area contributed by atoms with Gasteiger partial charge in [0.25, 0.3) is 0 Å². The van der Waals surface area contributed by atoms with Gasteiger partial charge in [-0.05, 0) is 12.7 Å². The maximum absolute atomic E-state index is 8.82. The monoisotopic (exact) mass is 196 g/mol. The van der Waals surface area contributed by atoms with Gasteiger partial charge < -0.3 is 5.73 Å². The van der Waals surface area contributed by atoms with Gasteiger partial charge in [0.2, 0.25) is 0 Å². The summed E-state index contributed by atoms with van der Waals surface area (Å²) in [5.41, 5.74) is 6.24. The highest BCUT2D eigenvalue weighted by Gasteiger charge is 2.13. The molecule has 0 aliphatic carbocycles. The molecule has 70 valence electrons. The molecule has 0 amide bonds. The fourth-order valence-electron chi connectivity index (χ4n) is 1.08. The van der Waals surface area contributed by atoms with Gasteiger partial charge in [-0.3, -0.25) is 0 Å². The number of thioether (sulfide) groups is 1. The maximum Gasteiger partial charge on any atom is 0.140 e. The third-order valence-corrected chi connectivity index (χ3v) is 2.37. The molecule has 13 heavy (non-hydrogen) atoms. The predicted octanol–water partition coefficient (Wildman–Crippen LogP) is 1.47. The van der Waals surface area contributed by atoms with E-state index in [9.17, 15) is 0 Å². The molecule has 1 heterocycles. The fourth-order valence-corrected chi connectivity index (χ4v) is 1.62. The molecule has 4 nitrogen and oxygen atoms in total. The first-order chi connectivity index (χ1) is 6.24. The van der Waals surface area contributed by atoms with Crippen LogP contribution in [0.15, 0.2) is 5.03 Å². The zero-order chi connectivity index (χ0) is 9.84. The summed E-state index contributed by atoms with van der Waals surface area (Å²) in [5, 5.41) is 13.8. The van der Waals surface area contributed by atoms with Crippen LogP contribution >= 0.6 is 11.8 Å². The Hall–Kier alpha value is -1.15. The molecule has 0 spiro atoms. The van der Waals surface area contributed by atoms with E-state index in [1.807, 2.05) is 13.2 Å². The predicted molar refractivity (Wildman–Crippen MR) is 53.4 cm³/mol. The van der Waals surface area contributed by atoms with Gasteiger partial charge >= 0.3 is 0 Å². The second-order valence-corrected chi connectivity index (χ2v) is 3.40. The topological polar surface area (TPSA) is 67.6 Å². The van der Waals surface area contributed by atoms with E-state index in [0.29, 0.717) is 16.4 Å². The fraction of sp³-hybridized carbons (Fsp3) is 0.500. The number of anilines is 1. The van der Waals surface area contributed by atoms with Crippen LogP contribution in [0.5, 0.6) is 0 Å². The molecular formula is C8H12N4S. The lowest BCUT2D eigenvalue weighted by molar-refractivity contribution is 0.597. The number of nitrogens with zero attached hydrogens (tertiary/aromatic N) is 3. The smallest absolute Gasteiger partial charge is 0.140 e. The largest absolute Gasteiger partial charge is 0.383 e. The zero-order valence-electron chi connectivity index (χ0n) is 7.74. The van der Waals surface area contributed by atoms with Crippen molar-refractivity contribution in [1.29, 1.82) is 5.26 Å². The van der Waals surface area contributed by atoms with Gasteiger partial charge in [-0.15, -0.1) is 11.8 Å². The SMILES string of the molecule is CCCn1nc(SC)c(C#N)c1N. The van der Waals surface area contributed by atoms with Gasteiger partial charge in [-0.25, -0.2) is 4.68 Å². The molecule has 1 aromatic heterocycles. The standard InChI is InChI=1S/C8H12N4S/c1-3-4-12-7(10)6(5-9)8(11-12)13-2/h3-4,10H2,1-2H3. The van der Waals surface area contributed by atoms with Crippen LogP contribution in [0.3, 0.4) is 0 Å². The Morgan fingerprint density at radius 2 is 2.38 bits per heavy atom. The third-order valence-electron chi connectivity index (χ3n) is 1.70. The number of hydrogen-bond acceptors (Lipinski definition) is 4. The highest BCUT2D eigenvalue weighted by Crippen LogP contribution is 2.23. The number of nitrogens with two attached hydrogens (primary N) is 1. The quantitative estimate of drug-likeness (QED) is 0.743. The van der Waals surface area contributed by atoms with Gasteiger partial charge in [0.05, 0.1) is 0 Å². The van der Waals surface area contributed by atoms with Crippen molar-refractivity contribution in [2.45, 2.75) is 24.9 Å². The summed E-state index contributed by atoms with van der Waals surface area (Å²) < 4.78 is 1.68. The molecular weight excluding hydrogens is 184 g/mol. The molecule has 2 N–H and O–H groups in total. The van der Waals surface area contributed by atoms with Gasteiger partial charge in [0.1, 0.15) is 22.5 Å². The molecule has 0 saturated carbocycles. The third kappa shape index (κ3) is 1.78. The number of hydrogen-bond donors (Lipinski definition) is 1. The Morgan fingerprint density at radius 3 is 2.77 bits per heavy atom. The Labute approximate surface area is 81.7 Å². The first-order valence-corrected chi connectivity index (χ1v) is 5.27. The summed E-state index contributed by atoms with van der Waals surface area (Å²) >= 11 is 1.45. The van der Waals surface area contributed by atoms with Crippen LogP contribution in [-0.4, -0.2) is 16.0 Å². The Balaban J connectivity index is 3.12. The number of aromatic nitrogens is 2. The number of aryl methyl sites for hydroxylation is 1. The normalized spacial score (nSPS) is 9.92. The van der Waals surface area contributed by atoms with Crippen LogP contribution in [0.4, 0.5) is 5.82 Å². The van der Waals surface area contributed by atoms with Crippen molar-refractivity contribution in [1.82, 2.24) is 9.78 Å². The molecule has 0 unspecified atom stereocenters. The van der Waals surface area contributed by atoms with Crippen molar-refractivity contribution in [3.8, 4) is 6.07 Å². The van der Waals surface area contributed by atoms with Gasteiger partial charge in [0, 0.05) is 6.54 Å². The minimum atomic E-state index is 0.480. The van der Waals surface area contributed by atoms with E-state index in [4.69, 9.17) is 11.0 Å². The molecule has 1 aromatic rings. The van der Waals surface area contributed by atoms with Gasteiger partial charge in [-0.1, -0.05) is 6.92 Å². The van der Waals surface area contributed by atoms with E-state index in [2.05, 4.69) is 11.2 Å². The minimum absolute atomic E-state index is 0.480. The summed E-state index contributed by atoms with van der Waals surface area (Å²) in [7, 11) is 0. The Bertz CT molecular complexity index is 337. The Morgan fingerprint density at radius 1 is 1.69 bits per heavy atom. The molecule has 0 aliphatic heterocycles. The first-order valence-electron chi connectivity index (χ1n) is 4.05. The lowest BCUT2D eigenvalue weighted by Gasteiger charge is -1.99. The van der Waals surface area contributed by atoms with Gasteiger partial charge in [0.15, 0.2) is 0 Å². The van der Waals surface area contributed by atoms with Crippen LogP contribution in [0, 0.1) is 11.3 Å². The summed E-state index contributed by atoms with van der Waals surface area (Å²) in [6, 6.07) is 2.06. The summed E-state index contributed by atoms with van der Waals surface area (Å²) in [6.07, 6.45) is 2.85. The van der Waals surface area contributed by atoms with Crippen molar-refractivity contribution in [2.24, 2.45) is 0 Å². The molecule has 0 bridgehead atoms. The van der Waals surface area contributed by atoms with Gasteiger partial charge in [-0.2, -0.15) is 10.4 Å². The van der Waals surface area contributed by atoms with E-state index in [1.165, 1.54) is 11.8 Å². The average molecular weight is 196 g/mol. The second-order valence-electron chi connectivity index (χ2n) is 2.60. The number of rotatable bonds is 3. The molecule has 0 radical (unpaired) electrons. The summed E-state index contributed by atoms with van der Waals surface area (Å²) in [6.45, 7) is 2.81. The van der Waals surface area contributed by atoms with Crippen LogP contribution in [0.2, 0.25) is 0 Å². The van der Waals surface area contributed by atoms with E-state index in [0.717, 1.165) is 13.0 Å². The average Bonchev–Trinajstić information content (AvgIpc) is 2.44. The van der Waals surface area contributed by atoms with E-state index in [-0.39, 0.29) is 0 Å². The molecule has 0 aliphatic rings. The van der Waals surface area contributed by atoms with E-state index >= 15 is 0 Å². The van der Waals surface area contributed by atoms with Crippen LogP contribution in [0.1, 0.15) is 18.9 Å². The molecule has 0 saturated heterocycles. The summed E-state index contributed by atoms with van der Waals surface area (Å²) in [4.78, 5) is 0. The van der Waals surface area contributed by atoms with E-state index < -0.39 is 0 Å². The van der Waals surface area contributed by atoms with Crippen LogP contribution in [0.25, 0.3) is 0 Å². The second kappa shape index (κ2) is 4.19. The lowest BCUT2D eigenvalue weighted by Crippen LogP contribution is -2.04. The summed E-state index contributed by atoms with van der Waals surface area (Å²) in [5.74, 6) is 0.480. The van der Waals surface area contributed by atoms with Crippen LogP contribution in [-0.2, 0) is 6.54 Å². The van der Waals surface area contributed by atoms with Crippen molar-refractivity contribution in [3.05, 3.63) is 5.56 Å². The van der Waals surface area contributed by atoms with Crippen LogP contribution < -0.4 is 5.73 Å². The highest BCUT2D eigenvalue weighted by molar-refractivity contribution is 7.98. The highest BCUT2D eigenvalue weighted by atomic mass is 32.2. The molecule has 1 rings (SSSR count). The number of nitrogen functional groups attached to an aromatic ring is 1. The maximum atomic E-state index is 8.82. The van der Waals surface area contributed by atoms with Crippen molar-refractivity contribution < 1.29 is 0 Å². The minimum Gasteiger partial charge on any atom is -0.383 e. The van der Waals surface area contributed by atoms with Crippen molar-refractivity contribution in [3.63, 3.8) is 0 Å². The Kier molecular flexibility index (Phi) is 3.20. The van der Waals surface area contributed by atoms with Crippen molar-refractivity contribution >= 4 is 17.6 Å².